The van der Waals surface area contributed by atoms with Gasteiger partial charge in [0.1, 0.15) is 12.7 Å². The van der Waals surface area contributed by atoms with Gasteiger partial charge in [0.15, 0.2) is 11.6 Å². The molecule has 0 unspecified atom stereocenters. The van der Waals surface area contributed by atoms with Gasteiger partial charge in [0, 0.05) is 36.4 Å². The molecule has 252 valence electrons. The molecule has 1 aliphatic heterocycles. The second-order valence-electron chi connectivity index (χ2n) is 12.1. The van der Waals surface area contributed by atoms with Gasteiger partial charge in [-0.2, -0.15) is 0 Å². The largest absolute Gasteiger partial charge is 0.484 e. The average molecular weight is 722 g/mol. The molecule has 1 amide bonds. The van der Waals surface area contributed by atoms with E-state index in [-0.39, 0.29) is 30.9 Å². The van der Waals surface area contributed by atoms with E-state index in [4.69, 9.17) is 14.2 Å². The van der Waals surface area contributed by atoms with Crippen LogP contribution in [0.3, 0.4) is 0 Å². The van der Waals surface area contributed by atoms with Gasteiger partial charge in [0.25, 0.3) is 0 Å². The Labute approximate surface area is 286 Å². The number of anilines is 2. The number of hydrogen-bond donors (Lipinski definition) is 2. The first-order chi connectivity index (χ1) is 23.3. The van der Waals surface area contributed by atoms with Crippen LogP contribution in [0, 0.1) is 11.7 Å². The lowest BCUT2D eigenvalue weighted by Gasteiger charge is -2.31. The molecule has 2 aliphatic rings. The van der Waals surface area contributed by atoms with Gasteiger partial charge < -0.3 is 29.4 Å². The number of imidazole rings is 1. The fourth-order valence-corrected chi connectivity index (χ4v) is 5.90. The second-order valence-corrected chi connectivity index (χ2v) is 13.0. The molecule has 1 aliphatic carbocycles. The van der Waals surface area contributed by atoms with Gasteiger partial charge in [0.2, 0.25) is 11.8 Å². The minimum absolute atomic E-state index is 0.0492. The van der Waals surface area contributed by atoms with Gasteiger partial charge >= 0.3 is 5.97 Å². The van der Waals surface area contributed by atoms with Gasteiger partial charge in [-0.05, 0) is 74.1 Å². The van der Waals surface area contributed by atoms with Crippen LogP contribution < -0.4 is 20.1 Å². The van der Waals surface area contributed by atoms with Crippen LogP contribution in [-0.4, -0.2) is 64.2 Å². The molecular formula is C35H38BrFN6O5. The summed E-state index contributed by atoms with van der Waals surface area (Å²) in [5, 5.41) is 6.41. The van der Waals surface area contributed by atoms with Crippen molar-refractivity contribution in [1.82, 2.24) is 19.4 Å². The second kappa shape index (κ2) is 15.6. The first-order valence-electron chi connectivity index (χ1n) is 16.0. The van der Waals surface area contributed by atoms with Crippen LogP contribution in [0.15, 0.2) is 71.6 Å². The number of carbonyl (C=O) groups excluding carboxylic acids is 2. The first kappa shape index (κ1) is 33.4. The summed E-state index contributed by atoms with van der Waals surface area (Å²) in [4.78, 5) is 36.3. The zero-order chi connectivity index (χ0) is 33.5. The standard InChI is InChI=1S/C35H38BrFN6O5/c1-46-35(45)24-7-9-30(31(15-24)39-18-27-17-38-22-43(27)19-23-5-6-23)41-33(44)20-42-13-11-28(12-14-42)48-34-4-2-3-26(40-34)21-47-32-10-8-25(36)16-29(32)37/h2-4,7-10,15-17,22-23,28,39H,5-6,11-14,18-21H2,1H3,(H,41,44). The molecule has 11 nitrogen and oxygen atoms in total. The van der Waals surface area contributed by atoms with Crippen LogP contribution in [-0.2, 0) is 29.2 Å². The number of piperidine rings is 1. The van der Waals surface area contributed by atoms with E-state index >= 15 is 0 Å². The van der Waals surface area contributed by atoms with E-state index in [1.807, 2.05) is 18.6 Å². The Bertz CT molecular complexity index is 1740. The third-order valence-corrected chi connectivity index (χ3v) is 8.86. The molecule has 2 fully saturated rings. The lowest BCUT2D eigenvalue weighted by molar-refractivity contribution is -0.117. The predicted molar refractivity (Wildman–Crippen MR) is 181 cm³/mol. The van der Waals surface area contributed by atoms with E-state index in [9.17, 15) is 14.0 Å². The zero-order valence-electron chi connectivity index (χ0n) is 26.7. The molecule has 2 N–H and O–H groups in total. The van der Waals surface area contributed by atoms with E-state index in [0.717, 1.165) is 25.1 Å². The summed E-state index contributed by atoms with van der Waals surface area (Å²) in [6, 6.07) is 15.1. The fourth-order valence-electron chi connectivity index (χ4n) is 5.56. The summed E-state index contributed by atoms with van der Waals surface area (Å²) in [5.41, 5.74) is 3.24. The van der Waals surface area contributed by atoms with E-state index in [1.165, 1.54) is 26.0 Å². The average Bonchev–Trinajstić information content (AvgIpc) is 3.80. The smallest absolute Gasteiger partial charge is 0.337 e. The lowest BCUT2D eigenvalue weighted by Crippen LogP contribution is -2.42. The quantitative estimate of drug-likeness (QED) is 0.150. The van der Waals surface area contributed by atoms with Gasteiger partial charge in [-0.15, -0.1) is 0 Å². The molecule has 0 atom stereocenters. The number of rotatable bonds is 14. The van der Waals surface area contributed by atoms with Gasteiger partial charge in [-0.25, -0.2) is 19.2 Å². The molecule has 6 rings (SSSR count). The number of pyridine rings is 1. The van der Waals surface area contributed by atoms with Crippen molar-refractivity contribution in [3.63, 3.8) is 0 Å². The Morgan fingerprint density at radius 1 is 1.04 bits per heavy atom. The van der Waals surface area contributed by atoms with Crippen molar-refractivity contribution >= 4 is 39.2 Å². The minimum Gasteiger partial charge on any atom is -0.484 e. The lowest BCUT2D eigenvalue weighted by atomic mass is 10.1. The van der Waals surface area contributed by atoms with E-state index in [0.29, 0.717) is 58.5 Å². The predicted octanol–water partition coefficient (Wildman–Crippen LogP) is 6.05. The van der Waals surface area contributed by atoms with Gasteiger partial charge in [-0.1, -0.05) is 22.0 Å². The van der Waals surface area contributed by atoms with E-state index in [1.54, 1.807) is 42.5 Å². The molecule has 0 radical (unpaired) electrons. The van der Waals surface area contributed by atoms with Crippen LogP contribution in [0.25, 0.3) is 0 Å². The van der Waals surface area contributed by atoms with Crippen molar-refractivity contribution in [3.8, 4) is 11.6 Å². The highest BCUT2D eigenvalue weighted by Crippen LogP contribution is 2.31. The minimum atomic E-state index is -0.453. The Balaban J connectivity index is 0.995. The van der Waals surface area contributed by atoms with Crippen molar-refractivity contribution in [2.45, 2.75) is 51.5 Å². The topological polar surface area (TPSA) is 120 Å². The normalized spacial score (nSPS) is 15.1. The number of benzene rings is 2. The first-order valence-corrected chi connectivity index (χ1v) is 16.8. The molecule has 3 heterocycles. The summed E-state index contributed by atoms with van der Waals surface area (Å²) in [5.74, 6) is 0.283. The molecule has 48 heavy (non-hydrogen) atoms. The number of halogens is 2. The summed E-state index contributed by atoms with van der Waals surface area (Å²) in [6.07, 6.45) is 7.57. The molecule has 0 bridgehead atoms. The highest BCUT2D eigenvalue weighted by Gasteiger charge is 2.24. The van der Waals surface area contributed by atoms with Crippen molar-refractivity contribution in [1.29, 1.82) is 0 Å². The summed E-state index contributed by atoms with van der Waals surface area (Å²) < 4.78 is 33.6. The van der Waals surface area contributed by atoms with Gasteiger partial charge in [-0.3, -0.25) is 9.69 Å². The van der Waals surface area contributed by atoms with Crippen molar-refractivity contribution < 1.29 is 28.2 Å². The van der Waals surface area contributed by atoms with Crippen LogP contribution in [0.1, 0.15) is 47.4 Å². The van der Waals surface area contributed by atoms with E-state index in [2.05, 4.69) is 46.0 Å². The zero-order valence-corrected chi connectivity index (χ0v) is 28.2. The highest BCUT2D eigenvalue weighted by atomic mass is 79.9. The molecule has 1 saturated heterocycles. The number of amides is 1. The molecule has 2 aromatic carbocycles. The highest BCUT2D eigenvalue weighted by molar-refractivity contribution is 9.10. The number of carbonyl (C=O) groups is 2. The van der Waals surface area contributed by atoms with Crippen molar-refractivity contribution in [2.75, 3.05) is 37.4 Å². The van der Waals surface area contributed by atoms with Crippen molar-refractivity contribution in [3.05, 3.63) is 94.4 Å². The summed E-state index contributed by atoms with van der Waals surface area (Å²) in [7, 11) is 1.34. The summed E-state index contributed by atoms with van der Waals surface area (Å²) >= 11 is 3.24. The molecule has 0 spiro atoms. The molecule has 4 aromatic rings. The van der Waals surface area contributed by atoms with E-state index < -0.39 is 11.8 Å². The third-order valence-electron chi connectivity index (χ3n) is 8.36. The number of likely N-dealkylation sites (tertiary alicyclic amines) is 1. The number of aromatic nitrogens is 3. The van der Waals surface area contributed by atoms with Crippen LogP contribution in [0.2, 0.25) is 0 Å². The number of esters is 1. The molecule has 1 saturated carbocycles. The Morgan fingerprint density at radius 3 is 2.65 bits per heavy atom. The number of methoxy groups -OCH3 is 1. The number of nitrogens with one attached hydrogen (secondary N) is 2. The maximum atomic E-state index is 14.1. The molecule has 13 heteroatoms. The Morgan fingerprint density at radius 2 is 1.88 bits per heavy atom. The third kappa shape index (κ3) is 9.10. The van der Waals surface area contributed by atoms with Crippen LogP contribution in [0.4, 0.5) is 15.8 Å². The molecular weight excluding hydrogens is 683 g/mol. The van der Waals surface area contributed by atoms with Crippen LogP contribution in [0.5, 0.6) is 11.6 Å². The SMILES string of the molecule is COC(=O)c1ccc(NC(=O)CN2CCC(Oc3cccc(COc4ccc(Br)cc4F)n3)CC2)c(NCc2cncn2CC2CC2)c1. The maximum Gasteiger partial charge on any atom is 0.337 e. The van der Waals surface area contributed by atoms with Crippen molar-refractivity contribution in [2.24, 2.45) is 5.92 Å². The summed E-state index contributed by atoms with van der Waals surface area (Å²) in [6.45, 7) is 3.12. The monoisotopic (exact) mass is 720 g/mol. The van der Waals surface area contributed by atoms with Gasteiger partial charge in [0.05, 0.1) is 54.9 Å². The van der Waals surface area contributed by atoms with Crippen LogP contribution >= 0.6 is 15.9 Å². The Kier molecular flexibility index (Phi) is 10.9. The Hall–Kier alpha value is -4.49. The molecule has 2 aromatic heterocycles. The number of ether oxygens (including phenoxy) is 3. The number of hydrogen-bond acceptors (Lipinski definition) is 9. The maximum absolute atomic E-state index is 14.1. The fraction of sp³-hybridized carbons (Fsp3) is 0.371. The number of nitrogens with zero attached hydrogens (tertiary/aromatic N) is 4.